The summed E-state index contributed by atoms with van der Waals surface area (Å²) in [4.78, 5) is 25.3. The van der Waals surface area contributed by atoms with Gasteiger partial charge in [-0.15, -0.1) is 0 Å². The van der Waals surface area contributed by atoms with Crippen molar-refractivity contribution in [2.45, 2.75) is 25.7 Å². The van der Waals surface area contributed by atoms with Gasteiger partial charge >= 0.3 is 0 Å². The lowest BCUT2D eigenvalue weighted by Gasteiger charge is -2.14. The van der Waals surface area contributed by atoms with Crippen LogP contribution in [0.25, 0.3) is 5.82 Å². The molecular formula is C19H17N3O5S. The third kappa shape index (κ3) is 2.58. The summed E-state index contributed by atoms with van der Waals surface area (Å²) in [5.41, 5.74) is 1.75. The number of amides is 1. The van der Waals surface area contributed by atoms with Crippen molar-refractivity contribution in [2.24, 2.45) is 0 Å². The van der Waals surface area contributed by atoms with Gasteiger partial charge in [-0.25, -0.2) is 12.7 Å². The maximum absolute atomic E-state index is 12.9. The van der Waals surface area contributed by atoms with Crippen molar-refractivity contribution in [1.29, 1.82) is 0 Å². The number of Topliss-reactive ketones (excluding diaryl/α,β-unsaturated/α-hetero) is 1. The van der Waals surface area contributed by atoms with Crippen LogP contribution in [0.15, 0.2) is 45.8 Å². The molecule has 1 amide bonds. The smallest absolute Gasteiger partial charge is 0.269 e. The normalized spacial score (nSPS) is 15.1. The second kappa shape index (κ2) is 6.16. The van der Waals surface area contributed by atoms with Gasteiger partial charge in [0.05, 0.1) is 5.56 Å². The molecule has 0 fully saturated rings. The van der Waals surface area contributed by atoms with Crippen LogP contribution < -0.4 is 0 Å². The Morgan fingerprint density at radius 3 is 2.50 bits per heavy atom. The van der Waals surface area contributed by atoms with E-state index >= 15 is 0 Å². The zero-order valence-corrected chi connectivity index (χ0v) is 16.3. The van der Waals surface area contributed by atoms with E-state index in [1.807, 2.05) is 0 Å². The predicted molar refractivity (Wildman–Crippen MR) is 99.0 cm³/mol. The number of rotatable bonds is 4. The van der Waals surface area contributed by atoms with Gasteiger partial charge in [-0.3, -0.25) is 14.2 Å². The highest BCUT2D eigenvalue weighted by atomic mass is 32.2. The molecule has 3 heterocycles. The van der Waals surface area contributed by atoms with Crippen LogP contribution in [-0.4, -0.2) is 40.7 Å². The number of fused-ring (bicyclic) bond motifs is 1. The third-order valence-electron chi connectivity index (χ3n) is 4.78. The lowest BCUT2D eigenvalue weighted by Crippen LogP contribution is -2.35. The highest BCUT2D eigenvalue weighted by Gasteiger charge is 2.42. The Morgan fingerprint density at radius 1 is 1.14 bits per heavy atom. The molecule has 0 saturated carbocycles. The molecule has 0 unspecified atom stereocenters. The minimum atomic E-state index is -4.03. The topological polar surface area (TPSA) is 102 Å². The number of carbonyl (C=O) groups is 2. The SMILES string of the molecule is Cc1cc(-n2c(C)cc(C(=O)CN3C(=O)c4ccccc4S3(=O)=O)c2C)no1. The lowest BCUT2D eigenvalue weighted by molar-refractivity contribution is 0.0820. The summed E-state index contributed by atoms with van der Waals surface area (Å²) in [7, 11) is -4.03. The van der Waals surface area contributed by atoms with Crippen LogP contribution in [0.5, 0.6) is 0 Å². The molecule has 1 aromatic carbocycles. The monoisotopic (exact) mass is 399 g/mol. The van der Waals surface area contributed by atoms with Crippen LogP contribution in [0, 0.1) is 20.8 Å². The van der Waals surface area contributed by atoms with Crippen LogP contribution in [0.2, 0.25) is 0 Å². The fraction of sp³-hybridized carbons (Fsp3) is 0.211. The molecule has 28 heavy (non-hydrogen) atoms. The lowest BCUT2D eigenvalue weighted by atomic mass is 10.1. The van der Waals surface area contributed by atoms with Crippen molar-refractivity contribution < 1.29 is 22.5 Å². The van der Waals surface area contributed by atoms with Crippen LogP contribution in [0.3, 0.4) is 0 Å². The molecule has 0 spiro atoms. The predicted octanol–water partition coefficient (Wildman–Crippen LogP) is 2.42. The van der Waals surface area contributed by atoms with Gasteiger partial charge in [0.1, 0.15) is 17.2 Å². The van der Waals surface area contributed by atoms with E-state index in [-0.39, 0.29) is 10.5 Å². The molecule has 3 aromatic rings. The fourth-order valence-electron chi connectivity index (χ4n) is 3.46. The number of hydrogen-bond donors (Lipinski definition) is 0. The molecule has 144 valence electrons. The first-order valence-electron chi connectivity index (χ1n) is 8.53. The molecule has 1 aliphatic rings. The van der Waals surface area contributed by atoms with Crippen LogP contribution in [0.4, 0.5) is 0 Å². The first-order chi connectivity index (χ1) is 13.2. The van der Waals surface area contributed by atoms with Crippen LogP contribution >= 0.6 is 0 Å². The molecule has 1 aliphatic heterocycles. The molecule has 2 aromatic heterocycles. The summed E-state index contributed by atoms with van der Waals surface area (Å²) in [6, 6.07) is 9.33. The van der Waals surface area contributed by atoms with Gasteiger partial charge in [0.15, 0.2) is 11.6 Å². The Hall–Kier alpha value is -3.20. The summed E-state index contributed by atoms with van der Waals surface area (Å²) in [6.07, 6.45) is 0. The van der Waals surface area contributed by atoms with Crippen LogP contribution in [-0.2, 0) is 10.0 Å². The minimum Gasteiger partial charge on any atom is -0.360 e. The zero-order chi connectivity index (χ0) is 20.2. The van der Waals surface area contributed by atoms with E-state index in [0.29, 0.717) is 27.1 Å². The second-order valence-corrected chi connectivity index (χ2v) is 8.48. The van der Waals surface area contributed by atoms with Crippen molar-refractivity contribution >= 4 is 21.7 Å². The summed E-state index contributed by atoms with van der Waals surface area (Å²) in [6.45, 7) is 4.75. The van der Waals surface area contributed by atoms with Gasteiger partial charge in [-0.2, -0.15) is 0 Å². The summed E-state index contributed by atoms with van der Waals surface area (Å²) in [5, 5.41) is 3.96. The van der Waals surface area contributed by atoms with Gasteiger partial charge < -0.3 is 4.52 Å². The number of ketones is 1. The Labute approximate surface area is 161 Å². The number of benzene rings is 1. The number of hydrogen-bond acceptors (Lipinski definition) is 6. The second-order valence-electron chi connectivity index (χ2n) is 6.65. The fourth-order valence-corrected chi connectivity index (χ4v) is 4.98. The van der Waals surface area contributed by atoms with Crippen molar-refractivity contribution in [3.05, 3.63) is 64.7 Å². The zero-order valence-electron chi connectivity index (χ0n) is 15.5. The molecule has 0 N–H and O–H groups in total. The Morgan fingerprint density at radius 2 is 1.86 bits per heavy atom. The average Bonchev–Trinajstić information content (AvgIpc) is 3.25. The molecule has 0 bridgehead atoms. The maximum Gasteiger partial charge on any atom is 0.269 e. The van der Waals surface area contributed by atoms with E-state index in [1.54, 1.807) is 49.6 Å². The van der Waals surface area contributed by atoms with E-state index in [0.717, 1.165) is 5.69 Å². The molecule has 8 nitrogen and oxygen atoms in total. The Balaban J connectivity index is 1.68. The maximum atomic E-state index is 12.9. The molecule has 0 radical (unpaired) electrons. The van der Waals surface area contributed by atoms with Crippen molar-refractivity contribution in [2.75, 3.05) is 6.54 Å². The number of carbonyl (C=O) groups excluding carboxylic acids is 2. The molecule has 4 rings (SSSR count). The molecule has 0 atom stereocenters. The largest absolute Gasteiger partial charge is 0.360 e. The Bertz CT molecular complexity index is 1240. The van der Waals surface area contributed by atoms with Crippen molar-refractivity contribution in [3.8, 4) is 5.82 Å². The van der Waals surface area contributed by atoms with Gasteiger partial charge in [-0.05, 0) is 39.0 Å². The van der Waals surface area contributed by atoms with E-state index in [4.69, 9.17) is 4.52 Å². The van der Waals surface area contributed by atoms with Crippen molar-refractivity contribution in [3.63, 3.8) is 0 Å². The molecule has 9 heteroatoms. The molecular weight excluding hydrogens is 382 g/mol. The molecule has 0 saturated heterocycles. The van der Waals surface area contributed by atoms with Gasteiger partial charge in [-0.1, -0.05) is 17.3 Å². The van der Waals surface area contributed by atoms with Crippen LogP contribution in [0.1, 0.15) is 37.9 Å². The summed E-state index contributed by atoms with van der Waals surface area (Å²) >= 11 is 0. The standard InChI is InChI=1S/C19H17N3O5S/c1-11-8-15(13(3)22(11)18-9-12(2)27-20-18)16(23)10-21-19(24)14-6-4-5-7-17(14)28(21,25)26/h4-9H,10H2,1-3H3. The Kier molecular flexibility index (Phi) is 4.00. The first kappa shape index (κ1) is 18.2. The highest BCUT2D eigenvalue weighted by Crippen LogP contribution is 2.30. The first-order valence-corrected chi connectivity index (χ1v) is 9.97. The van der Waals surface area contributed by atoms with Gasteiger partial charge in [0.25, 0.3) is 15.9 Å². The third-order valence-corrected chi connectivity index (χ3v) is 6.56. The van der Waals surface area contributed by atoms with Gasteiger partial charge in [0.2, 0.25) is 0 Å². The van der Waals surface area contributed by atoms with E-state index < -0.39 is 28.3 Å². The minimum absolute atomic E-state index is 0.0728. The summed E-state index contributed by atoms with van der Waals surface area (Å²) < 4.78 is 32.8. The highest BCUT2D eigenvalue weighted by molar-refractivity contribution is 7.90. The summed E-state index contributed by atoms with van der Waals surface area (Å²) in [5.74, 6) is -0.0000880. The number of aryl methyl sites for hydroxylation is 2. The van der Waals surface area contributed by atoms with Crippen molar-refractivity contribution in [1.82, 2.24) is 14.0 Å². The van der Waals surface area contributed by atoms with E-state index in [9.17, 15) is 18.0 Å². The van der Waals surface area contributed by atoms with Gasteiger partial charge in [0, 0.05) is 23.0 Å². The number of aromatic nitrogens is 2. The number of nitrogens with zero attached hydrogens (tertiary/aromatic N) is 3. The number of sulfonamides is 1. The molecule has 0 aliphatic carbocycles. The van der Waals surface area contributed by atoms with E-state index in [2.05, 4.69) is 5.16 Å². The van der Waals surface area contributed by atoms with E-state index in [1.165, 1.54) is 12.1 Å². The average molecular weight is 399 g/mol. The quantitative estimate of drug-likeness (QED) is 0.624.